The van der Waals surface area contributed by atoms with Crippen molar-refractivity contribution in [1.29, 1.82) is 0 Å². The van der Waals surface area contributed by atoms with E-state index in [0.29, 0.717) is 28.8 Å². The third-order valence-electron chi connectivity index (χ3n) is 2.80. The second-order valence-corrected chi connectivity index (χ2v) is 3.85. The number of rotatable bonds is 3. The van der Waals surface area contributed by atoms with Gasteiger partial charge in [0, 0.05) is 6.07 Å². The number of hydrogen-bond acceptors (Lipinski definition) is 6. The lowest BCUT2D eigenvalue weighted by molar-refractivity contribution is 0.174. The Morgan fingerprint density at radius 1 is 1.00 bits per heavy atom. The van der Waals surface area contributed by atoms with Crippen molar-refractivity contribution < 1.29 is 18.9 Å². The molecular formula is C13H12N2O4. The highest BCUT2D eigenvalue weighted by atomic mass is 16.7. The molecule has 0 bridgehead atoms. The van der Waals surface area contributed by atoms with Gasteiger partial charge in [-0.25, -0.2) is 9.97 Å². The Morgan fingerprint density at radius 3 is 2.32 bits per heavy atom. The molecule has 6 nitrogen and oxygen atoms in total. The van der Waals surface area contributed by atoms with Crippen molar-refractivity contribution in [1.82, 2.24) is 9.97 Å². The Balaban J connectivity index is 2.07. The van der Waals surface area contributed by atoms with E-state index in [1.807, 2.05) is 6.07 Å². The zero-order chi connectivity index (χ0) is 13.2. The van der Waals surface area contributed by atoms with Crippen molar-refractivity contribution in [3.05, 3.63) is 24.5 Å². The van der Waals surface area contributed by atoms with Gasteiger partial charge in [0.05, 0.1) is 32.2 Å². The molecule has 0 fully saturated rings. The van der Waals surface area contributed by atoms with Crippen LogP contribution in [0.2, 0.25) is 0 Å². The average Bonchev–Trinajstić information content (AvgIpc) is 2.93. The normalized spacial score (nSPS) is 12.3. The molecule has 0 N–H and O–H groups in total. The van der Waals surface area contributed by atoms with Crippen LogP contribution >= 0.6 is 0 Å². The van der Waals surface area contributed by atoms with Crippen LogP contribution in [0.25, 0.3) is 11.4 Å². The van der Waals surface area contributed by atoms with Gasteiger partial charge in [-0.05, 0) is 6.07 Å². The number of aromatic nitrogens is 2. The van der Waals surface area contributed by atoms with E-state index in [4.69, 9.17) is 18.9 Å². The molecule has 98 valence electrons. The van der Waals surface area contributed by atoms with Gasteiger partial charge in [0.2, 0.25) is 6.79 Å². The van der Waals surface area contributed by atoms with Gasteiger partial charge in [0.1, 0.15) is 5.75 Å². The van der Waals surface area contributed by atoms with Gasteiger partial charge >= 0.3 is 0 Å². The lowest BCUT2D eigenvalue weighted by atomic mass is 10.1. The first kappa shape index (κ1) is 11.6. The molecule has 0 radical (unpaired) electrons. The Bertz CT molecular complexity index is 598. The van der Waals surface area contributed by atoms with Gasteiger partial charge in [-0.15, -0.1) is 0 Å². The summed E-state index contributed by atoms with van der Waals surface area (Å²) in [6, 6.07) is 3.58. The van der Waals surface area contributed by atoms with Crippen LogP contribution in [0.5, 0.6) is 23.0 Å². The summed E-state index contributed by atoms with van der Waals surface area (Å²) in [6.45, 7) is 0.214. The Labute approximate surface area is 109 Å². The van der Waals surface area contributed by atoms with Crippen molar-refractivity contribution in [3.8, 4) is 34.4 Å². The molecule has 0 atom stereocenters. The predicted molar refractivity (Wildman–Crippen MR) is 66.7 cm³/mol. The number of ether oxygens (including phenoxy) is 4. The van der Waals surface area contributed by atoms with Gasteiger partial charge in [-0.3, -0.25) is 0 Å². The van der Waals surface area contributed by atoms with E-state index < -0.39 is 0 Å². The SMILES string of the molecule is COc1cnc(-c2cc3c(cc2OC)OCO3)nc1. The van der Waals surface area contributed by atoms with Crippen LogP contribution in [-0.4, -0.2) is 31.0 Å². The topological polar surface area (TPSA) is 62.7 Å². The van der Waals surface area contributed by atoms with Crippen molar-refractivity contribution in [3.63, 3.8) is 0 Å². The summed E-state index contributed by atoms with van der Waals surface area (Å²) in [5.74, 6) is 3.10. The lowest BCUT2D eigenvalue weighted by Gasteiger charge is -2.09. The van der Waals surface area contributed by atoms with E-state index >= 15 is 0 Å². The molecule has 0 spiro atoms. The van der Waals surface area contributed by atoms with Crippen molar-refractivity contribution in [2.45, 2.75) is 0 Å². The molecule has 0 unspecified atom stereocenters. The first-order chi connectivity index (χ1) is 9.31. The van der Waals surface area contributed by atoms with E-state index in [-0.39, 0.29) is 6.79 Å². The van der Waals surface area contributed by atoms with E-state index in [2.05, 4.69) is 9.97 Å². The molecule has 1 aromatic carbocycles. The average molecular weight is 260 g/mol. The van der Waals surface area contributed by atoms with Crippen LogP contribution in [0.3, 0.4) is 0 Å². The predicted octanol–water partition coefficient (Wildman–Crippen LogP) is 1.89. The summed E-state index contributed by atoms with van der Waals surface area (Å²) in [6.07, 6.45) is 3.21. The van der Waals surface area contributed by atoms with Crippen LogP contribution in [0.15, 0.2) is 24.5 Å². The summed E-state index contributed by atoms with van der Waals surface area (Å²) in [4.78, 5) is 8.48. The first-order valence-electron chi connectivity index (χ1n) is 5.66. The smallest absolute Gasteiger partial charge is 0.231 e. The summed E-state index contributed by atoms with van der Waals surface area (Å²) in [5, 5.41) is 0. The van der Waals surface area contributed by atoms with Crippen molar-refractivity contribution >= 4 is 0 Å². The quantitative estimate of drug-likeness (QED) is 0.839. The summed E-state index contributed by atoms with van der Waals surface area (Å²) in [5.41, 5.74) is 0.745. The molecule has 2 heterocycles. The largest absolute Gasteiger partial charge is 0.496 e. The third-order valence-corrected chi connectivity index (χ3v) is 2.80. The highest BCUT2D eigenvalue weighted by Gasteiger charge is 2.19. The molecule has 1 aromatic heterocycles. The van der Waals surface area contributed by atoms with Crippen molar-refractivity contribution in [2.75, 3.05) is 21.0 Å². The van der Waals surface area contributed by atoms with Crippen LogP contribution in [-0.2, 0) is 0 Å². The summed E-state index contributed by atoms with van der Waals surface area (Å²) < 4.78 is 21.0. The third kappa shape index (κ3) is 2.01. The molecular weight excluding hydrogens is 248 g/mol. The van der Waals surface area contributed by atoms with E-state index in [9.17, 15) is 0 Å². The molecule has 0 saturated carbocycles. The maximum absolute atomic E-state index is 5.35. The summed E-state index contributed by atoms with van der Waals surface area (Å²) >= 11 is 0. The number of nitrogens with zero attached hydrogens (tertiary/aromatic N) is 2. The maximum atomic E-state index is 5.35. The lowest BCUT2D eigenvalue weighted by Crippen LogP contribution is -1.94. The maximum Gasteiger partial charge on any atom is 0.231 e. The van der Waals surface area contributed by atoms with Gasteiger partial charge < -0.3 is 18.9 Å². The molecule has 0 amide bonds. The molecule has 19 heavy (non-hydrogen) atoms. The van der Waals surface area contributed by atoms with E-state index in [1.54, 1.807) is 32.7 Å². The minimum Gasteiger partial charge on any atom is -0.496 e. The van der Waals surface area contributed by atoms with Crippen LogP contribution < -0.4 is 18.9 Å². The second kappa shape index (κ2) is 4.64. The Kier molecular flexibility index (Phi) is 2.83. The zero-order valence-electron chi connectivity index (χ0n) is 10.5. The molecule has 0 saturated heterocycles. The fourth-order valence-electron chi connectivity index (χ4n) is 1.83. The second-order valence-electron chi connectivity index (χ2n) is 3.85. The molecule has 6 heteroatoms. The number of methoxy groups -OCH3 is 2. The highest BCUT2D eigenvalue weighted by molar-refractivity contribution is 5.69. The highest BCUT2D eigenvalue weighted by Crippen LogP contribution is 2.41. The number of fused-ring (bicyclic) bond motifs is 1. The van der Waals surface area contributed by atoms with Gasteiger partial charge in [0.15, 0.2) is 23.1 Å². The fourth-order valence-corrected chi connectivity index (χ4v) is 1.83. The van der Waals surface area contributed by atoms with Crippen LogP contribution in [0.4, 0.5) is 0 Å². The fraction of sp³-hybridized carbons (Fsp3) is 0.231. The zero-order valence-corrected chi connectivity index (χ0v) is 10.5. The van der Waals surface area contributed by atoms with Gasteiger partial charge in [0.25, 0.3) is 0 Å². The van der Waals surface area contributed by atoms with Gasteiger partial charge in [-0.2, -0.15) is 0 Å². The number of benzene rings is 1. The summed E-state index contributed by atoms with van der Waals surface area (Å²) in [7, 11) is 3.16. The Hall–Kier alpha value is -2.50. The van der Waals surface area contributed by atoms with Gasteiger partial charge in [-0.1, -0.05) is 0 Å². The molecule has 3 rings (SSSR count). The monoisotopic (exact) mass is 260 g/mol. The standard InChI is InChI=1S/C13H12N2O4/c1-16-8-5-14-13(15-6-8)9-3-11-12(19-7-18-11)4-10(9)17-2/h3-6H,7H2,1-2H3. The molecule has 0 aliphatic carbocycles. The first-order valence-corrected chi connectivity index (χ1v) is 5.66. The molecule has 2 aromatic rings. The molecule has 1 aliphatic rings. The van der Waals surface area contributed by atoms with E-state index in [1.165, 1.54) is 0 Å². The van der Waals surface area contributed by atoms with E-state index in [0.717, 1.165) is 5.56 Å². The van der Waals surface area contributed by atoms with Crippen molar-refractivity contribution in [2.24, 2.45) is 0 Å². The molecule has 1 aliphatic heterocycles. The van der Waals surface area contributed by atoms with Crippen LogP contribution in [0.1, 0.15) is 0 Å². The minimum absolute atomic E-state index is 0.214. The van der Waals surface area contributed by atoms with Crippen LogP contribution in [0, 0.1) is 0 Å². The minimum atomic E-state index is 0.214. The number of hydrogen-bond donors (Lipinski definition) is 0. The Morgan fingerprint density at radius 2 is 1.68 bits per heavy atom.